The van der Waals surface area contributed by atoms with Crippen molar-refractivity contribution in [2.24, 2.45) is 0 Å². The average molecular weight is 640 g/mol. The molecule has 0 saturated heterocycles. The van der Waals surface area contributed by atoms with Crippen molar-refractivity contribution in [1.29, 1.82) is 0 Å². The Bertz CT molecular complexity index is 2800. The Balaban J connectivity index is 1.21. The molecule has 7 aromatic carbocycles. The summed E-state index contributed by atoms with van der Waals surface area (Å²) in [6.07, 6.45) is 2.18. The van der Waals surface area contributed by atoms with Crippen LogP contribution in [0.4, 0.5) is 0 Å². The van der Waals surface area contributed by atoms with Crippen molar-refractivity contribution >= 4 is 43.5 Å². The molecular weight excluding hydrogens is 611 g/mol. The molecule has 0 amide bonds. The van der Waals surface area contributed by atoms with Crippen molar-refractivity contribution in [3.63, 3.8) is 0 Å². The second-order valence-corrected chi connectivity index (χ2v) is 12.5. The molecule has 50 heavy (non-hydrogen) atoms. The van der Waals surface area contributed by atoms with Gasteiger partial charge in [-0.1, -0.05) is 127 Å². The quantitative estimate of drug-likeness (QED) is 0.188. The van der Waals surface area contributed by atoms with Crippen LogP contribution >= 0.6 is 0 Å². The van der Waals surface area contributed by atoms with E-state index in [4.69, 9.17) is 15.0 Å². The number of aromatic nitrogens is 5. The third-order valence-electron chi connectivity index (χ3n) is 9.56. The van der Waals surface area contributed by atoms with Crippen LogP contribution in [0.5, 0.6) is 0 Å². The summed E-state index contributed by atoms with van der Waals surface area (Å²) < 4.78 is 4.69. The van der Waals surface area contributed by atoms with Crippen molar-refractivity contribution in [1.82, 2.24) is 24.1 Å². The SMILES string of the molecule is c1ccc(-c2nc(-c3ccccc3)nc(-c3cccc(-n4ccc5ccc6ccc7c(c8ccccc8n7-c7ccccc7)c6c54)c3)n2)cc1. The summed E-state index contributed by atoms with van der Waals surface area (Å²) in [7, 11) is 0. The van der Waals surface area contributed by atoms with Gasteiger partial charge in [-0.25, -0.2) is 15.0 Å². The first-order valence-corrected chi connectivity index (χ1v) is 16.8. The van der Waals surface area contributed by atoms with E-state index in [9.17, 15) is 0 Å². The van der Waals surface area contributed by atoms with E-state index < -0.39 is 0 Å². The molecule has 0 radical (unpaired) electrons. The van der Waals surface area contributed by atoms with Gasteiger partial charge in [-0.15, -0.1) is 0 Å². The minimum absolute atomic E-state index is 0.634. The molecule has 0 N–H and O–H groups in total. The monoisotopic (exact) mass is 639 g/mol. The van der Waals surface area contributed by atoms with E-state index in [1.807, 2.05) is 60.7 Å². The summed E-state index contributed by atoms with van der Waals surface area (Å²) in [4.78, 5) is 14.9. The van der Waals surface area contributed by atoms with Gasteiger partial charge in [0.15, 0.2) is 17.5 Å². The maximum atomic E-state index is 5.01. The molecule has 234 valence electrons. The fourth-order valence-corrected chi connectivity index (χ4v) is 7.30. The summed E-state index contributed by atoms with van der Waals surface area (Å²) >= 11 is 0. The predicted molar refractivity (Wildman–Crippen MR) is 205 cm³/mol. The molecule has 0 saturated carbocycles. The zero-order valence-electron chi connectivity index (χ0n) is 27.0. The molecule has 0 bridgehead atoms. The molecule has 10 rings (SSSR count). The number of fused-ring (bicyclic) bond motifs is 7. The van der Waals surface area contributed by atoms with Gasteiger partial charge in [0.2, 0.25) is 0 Å². The van der Waals surface area contributed by atoms with E-state index in [1.165, 1.54) is 43.5 Å². The van der Waals surface area contributed by atoms with E-state index in [1.54, 1.807) is 0 Å². The summed E-state index contributed by atoms with van der Waals surface area (Å²) in [6, 6.07) is 59.3. The van der Waals surface area contributed by atoms with Gasteiger partial charge in [-0.05, 0) is 47.9 Å². The highest BCUT2D eigenvalue weighted by atomic mass is 15.0. The number of hydrogen-bond acceptors (Lipinski definition) is 3. The van der Waals surface area contributed by atoms with Crippen LogP contribution in [0.2, 0.25) is 0 Å². The number of nitrogens with zero attached hydrogens (tertiary/aromatic N) is 5. The number of para-hydroxylation sites is 2. The largest absolute Gasteiger partial charge is 0.316 e. The van der Waals surface area contributed by atoms with Crippen LogP contribution in [0.25, 0.3) is 89.0 Å². The van der Waals surface area contributed by atoms with Gasteiger partial charge >= 0.3 is 0 Å². The van der Waals surface area contributed by atoms with Crippen molar-refractivity contribution in [3.8, 4) is 45.5 Å². The van der Waals surface area contributed by atoms with Crippen LogP contribution in [0, 0.1) is 0 Å². The Morgan fingerprint density at radius 1 is 0.380 bits per heavy atom. The molecule has 3 aromatic heterocycles. The van der Waals surface area contributed by atoms with Crippen molar-refractivity contribution < 1.29 is 0 Å². The summed E-state index contributed by atoms with van der Waals surface area (Å²) in [5, 5.41) is 6.11. The van der Waals surface area contributed by atoms with Crippen molar-refractivity contribution in [2.75, 3.05) is 0 Å². The van der Waals surface area contributed by atoms with Gasteiger partial charge in [-0.3, -0.25) is 0 Å². The second kappa shape index (κ2) is 11.4. The van der Waals surface area contributed by atoms with Crippen LogP contribution < -0.4 is 0 Å². The molecule has 0 aliphatic carbocycles. The average Bonchev–Trinajstić information content (AvgIpc) is 3.79. The van der Waals surface area contributed by atoms with Gasteiger partial charge in [0.05, 0.1) is 16.6 Å². The van der Waals surface area contributed by atoms with Crippen LogP contribution in [0.3, 0.4) is 0 Å². The minimum atomic E-state index is 0.634. The van der Waals surface area contributed by atoms with E-state index in [2.05, 4.69) is 125 Å². The van der Waals surface area contributed by atoms with Gasteiger partial charge < -0.3 is 9.13 Å². The summed E-state index contributed by atoms with van der Waals surface area (Å²) in [5.74, 6) is 1.93. The van der Waals surface area contributed by atoms with E-state index in [0.29, 0.717) is 17.5 Å². The molecule has 0 spiro atoms. The molecule has 0 atom stereocenters. The highest BCUT2D eigenvalue weighted by Gasteiger charge is 2.19. The lowest BCUT2D eigenvalue weighted by molar-refractivity contribution is 1.07. The maximum absolute atomic E-state index is 5.01. The molecule has 0 fully saturated rings. The zero-order chi connectivity index (χ0) is 33.0. The normalized spacial score (nSPS) is 11.6. The summed E-state index contributed by atoms with van der Waals surface area (Å²) in [5.41, 5.74) is 8.56. The summed E-state index contributed by atoms with van der Waals surface area (Å²) in [6.45, 7) is 0. The fraction of sp³-hybridized carbons (Fsp3) is 0. The first-order chi connectivity index (χ1) is 24.8. The third kappa shape index (κ3) is 4.52. The Morgan fingerprint density at radius 3 is 1.66 bits per heavy atom. The lowest BCUT2D eigenvalue weighted by Gasteiger charge is -2.12. The predicted octanol–water partition coefficient (Wildman–Crippen LogP) is 11.1. The van der Waals surface area contributed by atoms with E-state index in [-0.39, 0.29) is 0 Å². The Hall–Kier alpha value is -6.85. The van der Waals surface area contributed by atoms with Gasteiger partial charge in [0.25, 0.3) is 0 Å². The molecule has 0 unspecified atom stereocenters. The Morgan fingerprint density at radius 2 is 0.940 bits per heavy atom. The highest BCUT2D eigenvalue weighted by Crippen LogP contribution is 2.41. The van der Waals surface area contributed by atoms with Crippen LogP contribution in [-0.4, -0.2) is 24.1 Å². The Labute approximate surface area is 288 Å². The van der Waals surface area contributed by atoms with Crippen LogP contribution in [0.1, 0.15) is 0 Å². The maximum Gasteiger partial charge on any atom is 0.164 e. The molecule has 5 heteroatoms. The van der Waals surface area contributed by atoms with Crippen molar-refractivity contribution in [3.05, 3.63) is 176 Å². The van der Waals surface area contributed by atoms with Crippen LogP contribution in [0.15, 0.2) is 176 Å². The molecule has 10 aromatic rings. The smallest absolute Gasteiger partial charge is 0.164 e. The van der Waals surface area contributed by atoms with Crippen molar-refractivity contribution in [2.45, 2.75) is 0 Å². The molecule has 3 heterocycles. The van der Waals surface area contributed by atoms with Crippen LogP contribution in [-0.2, 0) is 0 Å². The minimum Gasteiger partial charge on any atom is -0.316 e. The van der Waals surface area contributed by atoms with Gasteiger partial charge in [-0.2, -0.15) is 0 Å². The lowest BCUT2D eigenvalue weighted by Crippen LogP contribution is -2.01. The number of rotatable bonds is 5. The van der Waals surface area contributed by atoms with E-state index >= 15 is 0 Å². The highest BCUT2D eigenvalue weighted by molar-refractivity contribution is 6.27. The first-order valence-electron chi connectivity index (χ1n) is 16.8. The standard InChI is InChI=1S/C45H29N5/c1-4-13-32(14-5-1)43-46-44(33-15-6-2-7-16-33)48-45(47-43)34-17-12-20-36(29-34)49-28-27-31-24-23-30-25-26-39-41(40(30)42(31)49)37-21-10-11-22-38(37)50(39)35-18-8-3-9-19-35/h1-29H. The Kier molecular flexibility index (Phi) is 6.42. The molecule has 5 nitrogen and oxygen atoms in total. The van der Waals surface area contributed by atoms with Gasteiger partial charge in [0.1, 0.15) is 0 Å². The molecule has 0 aliphatic heterocycles. The number of hydrogen-bond donors (Lipinski definition) is 0. The number of benzene rings is 7. The van der Waals surface area contributed by atoms with Gasteiger partial charge in [0, 0.05) is 55.8 Å². The topological polar surface area (TPSA) is 48.5 Å². The fourth-order valence-electron chi connectivity index (χ4n) is 7.30. The zero-order valence-corrected chi connectivity index (χ0v) is 27.0. The second-order valence-electron chi connectivity index (χ2n) is 12.5. The first kappa shape index (κ1) is 28.2. The molecular formula is C45H29N5. The lowest BCUT2D eigenvalue weighted by atomic mass is 10.0. The third-order valence-corrected chi connectivity index (χ3v) is 9.56. The molecule has 0 aliphatic rings. The van der Waals surface area contributed by atoms with E-state index in [0.717, 1.165) is 28.1 Å².